The lowest BCUT2D eigenvalue weighted by Gasteiger charge is -2.20. The molecule has 0 amide bonds. The van der Waals surface area contributed by atoms with Crippen LogP contribution in [0.4, 0.5) is 0 Å². The quantitative estimate of drug-likeness (QED) is 0.542. The number of hydrogen-bond donors (Lipinski definition) is 0. The molecular weight excluding hydrogens is 340 g/mol. The van der Waals surface area contributed by atoms with E-state index in [1.807, 2.05) is 0 Å². The molecule has 0 bridgehead atoms. The third-order valence-electron chi connectivity index (χ3n) is 4.80. The Morgan fingerprint density at radius 3 is 2.19 bits per heavy atom. The summed E-state index contributed by atoms with van der Waals surface area (Å²) < 4.78 is 0. The molecule has 3 rings (SSSR count). The second kappa shape index (κ2) is 10.4. The van der Waals surface area contributed by atoms with Gasteiger partial charge in [-0.3, -0.25) is 4.90 Å². The molecule has 26 heavy (non-hydrogen) atoms. The van der Waals surface area contributed by atoms with E-state index in [4.69, 9.17) is 16.9 Å². The van der Waals surface area contributed by atoms with Crippen molar-refractivity contribution in [3.63, 3.8) is 0 Å². The molecule has 3 heteroatoms. The van der Waals surface area contributed by atoms with Crippen LogP contribution in [-0.2, 0) is 17.8 Å². The van der Waals surface area contributed by atoms with E-state index in [-0.39, 0.29) is 4.87 Å². The van der Waals surface area contributed by atoms with Gasteiger partial charge in [0.2, 0.25) is 0 Å². The number of nitriles is 1. The number of nitrogens with zero attached hydrogens (tertiary/aromatic N) is 2. The topological polar surface area (TPSA) is 27.0 Å². The molecule has 0 aromatic heterocycles. The molecule has 1 fully saturated rings. The third-order valence-corrected chi connectivity index (χ3v) is 5.39. The van der Waals surface area contributed by atoms with Crippen LogP contribution in [0.1, 0.15) is 49.8 Å². The van der Waals surface area contributed by atoms with Crippen molar-refractivity contribution in [2.45, 2.75) is 50.9 Å². The smallest absolute Gasteiger partial charge is 0.0696 e. The second-order valence-electron chi connectivity index (χ2n) is 6.84. The lowest BCUT2D eigenvalue weighted by atomic mass is 10.0. The highest BCUT2D eigenvalue weighted by Crippen LogP contribution is 2.51. The summed E-state index contributed by atoms with van der Waals surface area (Å²) in [5, 5.41) is 7.32. The van der Waals surface area contributed by atoms with E-state index in [2.05, 4.69) is 66.4 Å². The number of alkyl halides is 1. The molecular formula is C23H29ClN2. The maximum Gasteiger partial charge on any atom is 0.0696 e. The van der Waals surface area contributed by atoms with Gasteiger partial charge in [-0.1, -0.05) is 61.5 Å². The Morgan fingerprint density at radius 1 is 1.04 bits per heavy atom. The van der Waals surface area contributed by atoms with Crippen molar-refractivity contribution in [3.05, 3.63) is 71.3 Å². The number of halogens is 1. The standard InChI is InChI=1S/C21H26ClN.C2H3N/c1-2-23(17-19-7-4-3-5-8-19)16-6-9-18-10-12-20(13-11-18)21(22)14-15-21;1-2-3/h3-5,7-8,10-13H,2,6,9,14-17H2,1H3;1H3. The van der Waals surface area contributed by atoms with Crippen LogP contribution in [0.25, 0.3) is 0 Å². The summed E-state index contributed by atoms with van der Waals surface area (Å²) in [6.07, 6.45) is 4.59. The van der Waals surface area contributed by atoms with Gasteiger partial charge in [-0.15, -0.1) is 11.6 Å². The maximum atomic E-state index is 7.32. The molecule has 0 radical (unpaired) electrons. The monoisotopic (exact) mass is 368 g/mol. The van der Waals surface area contributed by atoms with Gasteiger partial charge in [0.1, 0.15) is 0 Å². The summed E-state index contributed by atoms with van der Waals surface area (Å²) in [4.78, 5) is 2.48. The van der Waals surface area contributed by atoms with Crippen LogP contribution in [0.3, 0.4) is 0 Å². The molecule has 0 unspecified atom stereocenters. The van der Waals surface area contributed by atoms with Crippen molar-refractivity contribution in [3.8, 4) is 6.07 Å². The van der Waals surface area contributed by atoms with Gasteiger partial charge in [0, 0.05) is 13.5 Å². The maximum absolute atomic E-state index is 7.32. The van der Waals surface area contributed by atoms with Crippen LogP contribution in [0.5, 0.6) is 0 Å². The van der Waals surface area contributed by atoms with Gasteiger partial charge in [0.05, 0.1) is 10.9 Å². The van der Waals surface area contributed by atoms with Gasteiger partial charge in [0.25, 0.3) is 0 Å². The predicted molar refractivity (Wildman–Crippen MR) is 110 cm³/mol. The molecule has 0 heterocycles. The Labute approximate surface area is 163 Å². The molecule has 2 nitrogen and oxygen atoms in total. The normalized spacial score (nSPS) is 14.3. The fourth-order valence-corrected chi connectivity index (χ4v) is 3.29. The van der Waals surface area contributed by atoms with Crippen LogP contribution in [0.15, 0.2) is 54.6 Å². The highest BCUT2D eigenvalue weighted by atomic mass is 35.5. The molecule has 0 atom stereocenters. The molecule has 138 valence electrons. The minimum atomic E-state index is -0.0345. The molecule has 2 aromatic carbocycles. The minimum absolute atomic E-state index is 0.0345. The van der Waals surface area contributed by atoms with Gasteiger partial charge in [-0.25, -0.2) is 0 Å². The SMILES string of the molecule is CC#N.CCN(CCCc1ccc(C2(Cl)CC2)cc1)Cc1ccccc1. The highest BCUT2D eigenvalue weighted by Gasteiger charge is 2.41. The summed E-state index contributed by atoms with van der Waals surface area (Å²) >= 11 is 6.46. The molecule has 1 saturated carbocycles. The van der Waals surface area contributed by atoms with Crippen molar-refractivity contribution in [2.75, 3.05) is 13.1 Å². The Bertz CT molecular complexity index is 684. The molecule has 0 spiro atoms. The second-order valence-corrected chi connectivity index (χ2v) is 7.57. The molecule has 0 saturated heterocycles. The Morgan fingerprint density at radius 2 is 1.65 bits per heavy atom. The molecule has 0 aliphatic heterocycles. The Hall–Kier alpha value is -1.82. The van der Waals surface area contributed by atoms with Crippen LogP contribution < -0.4 is 0 Å². The van der Waals surface area contributed by atoms with Gasteiger partial charge in [-0.2, -0.15) is 5.26 Å². The fraction of sp³-hybridized carbons (Fsp3) is 0.435. The number of benzene rings is 2. The average Bonchev–Trinajstić information content (AvgIpc) is 3.41. The summed E-state index contributed by atoms with van der Waals surface area (Å²) in [5.74, 6) is 0. The third kappa shape index (κ3) is 6.48. The van der Waals surface area contributed by atoms with Gasteiger partial charge in [0.15, 0.2) is 0 Å². The first-order valence-corrected chi connectivity index (χ1v) is 9.84. The lowest BCUT2D eigenvalue weighted by molar-refractivity contribution is 0.276. The van der Waals surface area contributed by atoms with E-state index in [9.17, 15) is 0 Å². The van der Waals surface area contributed by atoms with Crippen molar-refractivity contribution < 1.29 is 0 Å². The van der Waals surface area contributed by atoms with Crippen LogP contribution in [0, 0.1) is 11.3 Å². The van der Waals surface area contributed by atoms with Crippen LogP contribution in [0.2, 0.25) is 0 Å². The van der Waals surface area contributed by atoms with Crippen molar-refractivity contribution in [1.82, 2.24) is 4.90 Å². The number of rotatable bonds is 8. The van der Waals surface area contributed by atoms with Crippen molar-refractivity contribution in [1.29, 1.82) is 5.26 Å². The van der Waals surface area contributed by atoms with E-state index in [1.54, 1.807) is 6.07 Å². The largest absolute Gasteiger partial charge is 0.299 e. The van der Waals surface area contributed by atoms with E-state index >= 15 is 0 Å². The van der Waals surface area contributed by atoms with Gasteiger partial charge < -0.3 is 0 Å². The molecule has 1 aliphatic carbocycles. The average molecular weight is 369 g/mol. The van der Waals surface area contributed by atoms with E-state index in [1.165, 1.54) is 30.0 Å². The van der Waals surface area contributed by atoms with Gasteiger partial charge >= 0.3 is 0 Å². The zero-order chi connectivity index (χ0) is 18.8. The summed E-state index contributed by atoms with van der Waals surface area (Å²) in [6.45, 7) is 6.97. The first-order valence-electron chi connectivity index (χ1n) is 9.46. The van der Waals surface area contributed by atoms with Gasteiger partial charge in [-0.05, 0) is 55.5 Å². The zero-order valence-electron chi connectivity index (χ0n) is 15.9. The van der Waals surface area contributed by atoms with E-state index in [0.29, 0.717) is 0 Å². The first kappa shape index (κ1) is 20.5. The lowest BCUT2D eigenvalue weighted by Crippen LogP contribution is -2.24. The number of aryl methyl sites for hydroxylation is 1. The molecule has 1 aliphatic rings. The minimum Gasteiger partial charge on any atom is -0.299 e. The van der Waals surface area contributed by atoms with E-state index in [0.717, 1.165) is 38.9 Å². The van der Waals surface area contributed by atoms with E-state index < -0.39 is 0 Å². The number of hydrogen-bond acceptors (Lipinski definition) is 2. The zero-order valence-corrected chi connectivity index (χ0v) is 16.7. The molecule has 0 N–H and O–H groups in total. The predicted octanol–water partition coefficient (Wildman–Crippen LogP) is 5.90. The summed E-state index contributed by atoms with van der Waals surface area (Å²) in [7, 11) is 0. The van der Waals surface area contributed by atoms with Crippen LogP contribution in [-0.4, -0.2) is 18.0 Å². The Kier molecular flexibility index (Phi) is 8.16. The summed E-state index contributed by atoms with van der Waals surface area (Å²) in [5.41, 5.74) is 4.11. The van der Waals surface area contributed by atoms with Crippen molar-refractivity contribution in [2.24, 2.45) is 0 Å². The van der Waals surface area contributed by atoms with Crippen LogP contribution >= 0.6 is 11.6 Å². The van der Waals surface area contributed by atoms with Crippen molar-refractivity contribution >= 4 is 11.6 Å². The Balaban J connectivity index is 0.000000758. The first-order chi connectivity index (χ1) is 12.6. The molecule has 2 aromatic rings. The highest BCUT2D eigenvalue weighted by molar-refractivity contribution is 6.25. The summed E-state index contributed by atoms with van der Waals surface area (Å²) in [6, 6.07) is 21.4. The fourth-order valence-electron chi connectivity index (χ4n) is 3.07.